The molecule has 1 aliphatic carbocycles. The molecule has 1 atom stereocenters. The van der Waals surface area contributed by atoms with Crippen molar-refractivity contribution in [3.8, 4) is 0 Å². The van der Waals surface area contributed by atoms with Crippen molar-refractivity contribution in [3.63, 3.8) is 0 Å². The fourth-order valence-corrected chi connectivity index (χ4v) is 3.01. The van der Waals surface area contributed by atoms with Gasteiger partial charge in [0.1, 0.15) is 17.5 Å². The summed E-state index contributed by atoms with van der Waals surface area (Å²) >= 11 is 0. The lowest BCUT2D eigenvalue weighted by molar-refractivity contribution is -0.156. The van der Waals surface area contributed by atoms with E-state index in [-0.39, 0.29) is 0 Å². The van der Waals surface area contributed by atoms with E-state index < -0.39 is 11.7 Å². The zero-order chi connectivity index (χ0) is 14.1. The molecule has 0 aliphatic heterocycles. The van der Waals surface area contributed by atoms with Crippen molar-refractivity contribution in [2.75, 3.05) is 6.61 Å². The van der Waals surface area contributed by atoms with Crippen LogP contribution in [0.2, 0.25) is 0 Å². The second-order valence-electron chi connectivity index (χ2n) is 6.46. The molecule has 1 unspecified atom stereocenters. The molecule has 108 valence electrons. The number of nitrogens with zero attached hydrogens (tertiary/aromatic N) is 2. The van der Waals surface area contributed by atoms with Crippen molar-refractivity contribution in [3.05, 3.63) is 18.2 Å². The van der Waals surface area contributed by atoms with Crippen LogP contribution in [-0.2, 0) is 11.8 Å². The van der Waals surface area contributed by atoms with Gasteiger partial charge in [0.25, 0.3) is 0 Å². The number of hydrogen-bond acceptors (Lipinski definition) is 3. The number of aliphatic hydroxyl groups is 1. The van der Waals surface area contributed by atoms with E-state index in [1.54, 1.807) is 6.20 Å². The molecule has 1 aliphatic rings. The Morgan fingerprint density at radius 1 is 1.37 bits per heavy atom. The number of aryl methyl sites for hydroxylation is 1. The molecule has 19 heavy (non-hydrogen) atoms. The molecule has 1 fully saturated rings. The first kappa shape index (κ1) is 14.5. The largest absolute Gasteiger partial charge is 0.382 e. The fraction of sp³-hybridized carbons (Fsp3) is 0.800. The lowest BCUT2D eigenvalue weighted by Crippen LogP contribution is -2.45. The predicted molar refractivity (Wildman–Crippen MR) is 74.8 cm³/mol. The van der Waals surface area contributed by atoms with Crippen molar-refractivity contribution in [2.24, 2.45) is 12.5 Å². The summed E-state index contributed by atoms with van der Waals surface area (Å²) in [6, 6.07) is 0. The molecule has 0 bridgehead atoms. The summed E-state index contributed by atoms with van der Waals surface area (Å²) in [5, 5.41) is 10.8. The van der Waals surface area contributed by atoms with Crippen molar-refractivity contribution in [1.82, 2.24) is 9.55 Å². The number of imidazole rings is 1. The van der Waals surface area contributed by atoms with E-state index in [1.807, 2.05) is 24.7 Å². The molecule has 4 heteroatoms. The first-order valence-corrected chi connectivity index (χ1v) is 7.19. The van der Waals surface area contributed by atoms with E-state index >= 15 is 0 Å². The summed E-state index contributed by atoms with van der Waals surface area (Å²) in [6.07, 6.45) is 6.88. The topological polar surface area (TPSA) is 47.3 Å². The van der Waals surface area contributed by atoms with Crippen LogP contribution < -0.4 is 0 Å². The van der Waals surface area contributed by atoms with Crippen LogP contribution in [0.5, 0.6) is 0 Å². The Morgan fingerprint density at radius 3 is 2.47 bits per heavy atom. The van der Waals surface area contributed by atoms with Crippen LogP contribution in [-0.4, -0.2) is 26.9 Å². The highest BCUT2D eigenvalue weighted by atomic mass is 16.5. The van der Waals surface area contributed by atoms with Crippen molar-refractivity contribution in [2.45, 2.75) is 58.2 Å². The Bertz CT molecular complexity index is 416. The van der Waals surface area contributed by atoms with E-state index in [1.165, 1.54) is 0 Å². The maximum Gasteiger partial charge on any atom is 0.141 e. The summed E-state index contributed by atoms with van der Waals surface area (Å²) in [7, 11) is 1.91. The molecule has 0 amide bonds. The third-order valence-electron chi connectivity index (χ3n) is 4.48. The highest BCUT2D eigenvalue weighted by Crippen LogP contribution is 2.47. The molecular weight excluding hydrogens is 240 g/mol. The minimum atomic E-state index is -0.649. The molecule has 2 rings (SSSR count). The van der Waals surface area contributed by atoms with Gasteiger partial charge >= 0.3 is 0 Å². The molecule has 1 N–H and O–H groups in total. The second kappa shape index (κ2) is 5.25. The van der Waals surface area contributed by atoms with Gasteiger partial charge in [0.05, 0.1) is 0 Å². The summed E-state index contributed by atoms with van der Waals surface area (Å²) in [6.45, 7) is 7.20. The van der Waals surface area contributed by atoms with Crippen molar-refractivity contribution < 1.29 is 9.84 Å². The molecule has 1 aromatic heterocycles. The minimum absolute atomic E-state index is 0.349. The summed E-state index contributed by atoms with van der Waals surface area (Å²) in [5.74, 6) is 0.702. The fourth-order valence-electron chi connectivity index (χ4n) is 3.01. The van der Waals surface area contributed by atoms with Gasteiger partial charge in [-0.05, 0) is 38.0 Å². The normalized spacial score (nSPS) is 23.2. The highest BCUT2D eigenvalue weighted by Gasteiger charge is 2.46. The number of ether oxygens (including phenoxy) is 1. The summed E-state index contributed by atoms with van der Waals surface area (Å²) in [4.78, 5) is 4.29. The van der Waals surface area contributed by atoms with Crippen LogP contribution >= 0.6 is 0 Å². The third-order valence-corrected chi connectivity index (χ3v) is 4.48. The van der Waals surface area contributed by atoms with E-state index in [0.717, 1.165) is 25.7 Å². The summed E-state index contributed by atoms with van der Waals surface area (Å²) in [5.41, 5.74) is -0.120. The molecule has 4 nitrogen and oxygen atoms in total. The third kappa shape index (κ3) is 2.84. The van der Waals surface area contributed by atoms with Crippen molar-refractivity contribution in [1.29, 1.82) is 0 Å². The Labute approximate surface area is 115 Å². The van der Waals surface area contributed by atoms with Crippen LogP contribution in [0, 0.1) is 5.41 Å². The standard InChI is InChI=1S/C15H26N2O2/c1-5-19-15(8-6-14(2,3)7-9-15)12(18)13-16-10-11-17(13)4/h10-12,18H,5-9H2,1-4H3. The number of rotatable bonds is 4. The predicted octanol–water partition coefficient (Wildman–Crippen LogP) is 2.83. The zero-order valence-electron chi connectivity index (χ0n) is 12.5. The second-order valence-corrected chi connectivity index (χ2v) is 6.46. The average Bonchev–Trinajstić information content (AvgIpc) is 2.78. The van der Waals surface area contributed by atoms with Gasteiger partial charge in [-0.25, -0.2) is 4.98 Å². The maximum absolute atomic E-state index is 10.8. The van der Waals surface area contributed by atoms with E-state index in [0.29, 0.717) is 17.8 Å². The smallest absolute Gasteiger partial charge is 0.141 e. The van der Waals surface area contributed by atoms with Gasteiger partial charge in [-0.3, -0.25) is 0 Å². The van der Waals surface area contributed by atoms with Crippen molar-refractivity contribution >= 4 is 0 Å². The Morgan fingerprint density at radius 2 is 2.00 bits per heavy atom. The molecule has 0 spiro atoms. The van der Waals surface area contributed by atoms with Gasteiger partial charge in [-0.1, -0.05) is 13.8 Å². The molecular formula is C15H26N2O2. The van der Waals surface area contributed by atoms with E-state index in [4.69, 9.17) is 4.74 Å². The molecule has 1 saturated carbocycles. The summed E-state index contributed by atoms with van der Waals surface area (Å²) < 4.78 is 7.88. The lowest BCUT2D eigenvalue weighted by Gasteiger charge is -2.45. The van der Waals surface area contributed by atoms with Crippen LogP contribution in [0.1, 0.15) is 58.4 Å². The molecule has 0 radical (unpaired) electrons. The molecule has 0 aromatic carbocycles. The average molecular weight is 266 g/mol. The SMILES string of the molecule is CCOC1(C(O)c2nccn2C)CCC(C)(C)CC1. The van der Waals surface area contributed by atoms with E-state index in [2.05, 4.69) is 18.8 Å². The highest BCUT2D eigenvalue weighted by molar-refractivity contribution is 5.06. The lowest BCUT2D eigenvalue weighted by atomic mass is 9.69. The molecule has 1 heterocycles. The monoisotopic (exact) mass is 266 g/mol. The Kier molecular flexibility index (Phi) is 4.02. The maximum atomic E-state index is 10.8. The number of hydrogen-bond donors (Lipinski definition) is 1. The van der Waals surface area contributed by atoms with Crippen LogP contribution in [0.3, 0.4) is 0 Å². The minimum Gasteiger partial charge on any atom is -0.382 e. The van der Waals surface area contributed by atoms with E-state index in [9.17, 15) is 5.11 Å². The quantitative estimate of drug-likeness (QED) is 0.911. The number of aromatic nitrogens is 2. The van der Waals surface area contributed by atoms with Gasteiger partial charge in [0, 0.05) is 26.0 Å². The van der Waals surface area contributed by atoms with Gasteiger partial charge in [-0.2, -0.15) is 0 Å². The Balaban J connectivity index is 2.23. The first-order valence-electron chi connectivity index (χ1n) is 7.19. The van der Waals surface area contributed by atoms with Crippen LogP contribution in [0.15, 0.2) is 12.4 Å². The van der Waals surface area contributed by atoms with Crippen LogP contribution in [0.4, 0.5) is 0 Å². The zero-order valence-corrected chi connectivity index (χ0v) is 12.5. The first-order chi connectivity index (χ1) is 8.90. The van der Waals surface area contributed by atoms with Gasteiger partial charge in [0.15, 0.2) is 0 Å². The van der Waals surface area contributed by atoms with Gasteiger partial charge in [0.2, 0.25) is 0 Å². The number of aliphatic hydroxyl groups excluding tert-OH is 1. The van der Waals surface area contributed by atoms with Gasteiger partial charge in [-0.15, -0.1) is 0 Å². The van der Waals surface area contributed by atoms with Crippen LogP contribution in [0.25, 0.3) is 0 Å². The van der Waals surface area contributed by atoms with Gasteiger partial charge < -0.3 is 14.4 Å². The molecule has 0 saturated heterocycles. The molecule has 1 aromatic rings. The Hall–Kier alpha value is -0.870.